The summed E-state index contributed by atoms with van der Waals surface area (Å²) < 4.78 is 20.0. The molecule has 8 heteroatoms. The van der Waals surface area contributed by atoms with Crippen molar-refractivity contribution in [2.75, 3.05) is 51.3 Å². The van der Waals surface area contributed by atoms with Gasteiger partial charge in [-0.25, -0.2) is 9.18 Å². The second-order valence-electron chi connectivity index (χ2n) is 10.4. The van der Waals surface area contributed by atoms with Gasteiger partial charge in [0, 0.05) is 50.5 Å². The number of amides is 2. The highest BCUT2D eigenvalue weighted by Gasteiger charge is 2.57. The maximum atomic E-state index is 15.3. The lowest BCUT2D eigenvalue weighted by molar-refractivity contribution is -0.135. The van der Waals surface area contributed by atoms with Crippen LogP contribution in [0.5, 0.6) is 0 Å². The van der Waals surface area contributed by atoms with Crippen LogP contribution in [-0.4, -0.2) is 78.9 Å². The molecule has 7 nitrogen and oxygen atoms in total. The van der Waals surface area contributed by atoms with E-state index < -0.39 is 11.0 Å². The fourth-order valence-electron chi connectivity index (χ4n) is 4.97. The van der Waals surface area contributed by atoms with Crippen LogP contribution in [0.3, 0.4) is 0 Å². The van der Waals surface area contributed by atoms with Gasteiger partial charge in [-0.3, -0.25) is 4.79 Å². The zero-order valence-electron chi connectivity index (χ0n) is 19.5. The van der Waals surface area contributed by atoms with Gasteiger partial charge in [-0.15, -0.1) is 0 Å². The summed E-state index contributed by atoms with van der Waals surface area (Å²) in [5.41, 5.74) is -0.861. The molecular weight excluding hydrogens is 413 g/mol. The molecule has 0 spiro atoms. The van der Waals surface area contributed by atoms with E-state index in [0.29, 0.717) is 64.1 Å². The molecular formula is C24H34FN3O4. The van der Waals surface area contributed by atoms with E-state index in [9.17, 15) is 14.7 Å². The molecule has 1 aromatic rings. The van der Waals surface area contributed by atoms with Gasteiger partial charge in [0.1, 0.15) is 5.82 Å². The van der Waals surface area contributed by atoms with Crippen LogP contribution in [0.15, 0.2) is 18.2 Å². The van der Waals surface area contributed by atoms with E-state index in [1.54, 1.807) is 15.9 Å². The van der Waals surface area contributed by atoms with E-state index in [2.05, 4.69) is 0 Å². The van der Waals surface area contributed by atoms with Crippen LogP contribution in [-0.2, 0) is 14.9 Å². The molecule has 32 heavy (non-hydrogen) atoms. The van der Waals surface area contributed by atoms with Crippen molar-refractivity contribution in [2.45, 2.75) is 51.0 Å². The van der Waals surface area contributed by atoms with Crippen LogP contribution in [0.1, 0.15) is 45.6 Å². The number of hydrogen-bond acceptors (Lipinski definition) is 5. The van der Waals surface area contributed by atoms with Gasteiger partial charge in [0.25, 0.3) is 0 Å². The summed E-state index contributed by atoms with van der Waals surface area (Å²) in [4.78, 5) is 30.5. The number of carbonyl (C=O) groups is 2. The van der Waals surface area contributed by atoms with Crippen LogP contribution in [0.2, 0.25) is 0 Å². The fraction of sp³-hybridized carbons (Fsp3) is 0.667. The number of piperazine rings is 1. The molecule has 2 saturated heterocycles. The molecule has 3 fully saturated rings. The Morgan fingerprint density at radius 1 is 1.03 bits per heavy atom. The topological polar surface area (TPSA) is 73.3 Å². The first-order valence-electron chi connectivity index (χ1n) is 11.4. The largest absolute Gasteiger partial charge is 0.453 e. The Labute approximate surface area is 189 Å². The minimum atomic E-state index is -0.923. The first kappa shape index (κ1) is 22.8. The third kappa shape index (κ3) is 3.83. The number of methoxy groups -OCH3 is 1. The molecule has 2 amide bonds. The Hall–Kier alpha value is -2.35. The van der Waals surface area contributed by atoms with E-state index in [0.717, 1.165) is 5.69 Å². The second kappa shape index (κ2) is 7.90. The lowest BCUT2D eigenvalue weighted by Crippen LogP contribution is -2.48. The van der Waals surface area contributed by atoms with Gasteiger partial charge in [0.2, 0.25) is 5.91 Å². The maximum Gasteiger partial charge on any atom is 0.409 e. The molecule has 1 atom stereocenters. The number of nitrogens with zero attached hydrogens (tertiary/aromatic N) is 3. The number of β-amino-alcohol motifs (C(OH)–C–C–N with tert-alkyl or cyclic N) is 1. The third-order valence-corrected chi connectivity index (χ3v) is 7.64. The lowest BCUT2D eigenvalue weighted by atomic mass is 9.76. The van der Waals surface area contributed by atoms with Crippen LogP contribution < -0.4 is 4.90 Å². The zero-order chi connectivity index (χ0) is 23.3. The van der Waals surface area contributed by atoms with Gasteiger partial charge in [-0.05, 0) is 36.8 Å². The smallest absolute Gasteiger partial charge is 0.409 e. The quantitative estimate of drug-likeness (QED) is 0.772. The number of halogens is 1. The van der Waals surface area contributed by atoms with E-state index >= 15 is 4.39 Å². The van der Waals surface area contributed by atoms with Crippen molar-refractivity contribution in [3.8, 4) is 0 Å². The molecule has 1 N–H and O–H groups in total. The van der Waals surface area contributed by atoms with Gasteiger partial charge < -0.3 is 24.5 Å². The maximum absolute atomic E-state index is 15.3. The molecule has 0 bridgehead atoms. The van der Waals surface area contributed by atoms with Gasteiger partial charge in [-0.2, -0.15) is 0 Å². The number of benzene rings is 1. The number of ether oxygens (including phenoxy) is 1. The van der Waals surface area contributed by atoms with Gasteiger partial charge in [-0.1, -0.05) is 26.8 Å². The molecule has 176 valence electrons. The Balaban J connectivity index is 1.47. The summed E-state index contributed by atoms with van der Waals surface area (Å²) in [6, 6.07) is 5.12. The number of hydrogen-bond donors (Lipinski definition) is 1. The predicted octanol–water partition coefficient (Wildman–Crippen LogP) is 2.76. The fourth-order valence-corrected chi connectivity index (χ4v) is 4.97. The van der Waals surface area contributed by atoms with Crippen LogP contribution in [0, 0.1) is 11.2 Å². The second-order valence-corrected chi connectivity index (χ2v) is 10.4. The number of aliphatic hydroxyl groups is 1. The van der Waals surface area contributed by atoms with Crippen LogP contribution in [0.4, 0.5) is 14.9 Å². The van der Waals surface area contributed by atoms with E-state index in [1.165, 1.54) is 13.2 Å². The summed E-state index contributed by atoms with van der Waals surface area (Å²) in [6.45, 7) is 8.97. The van der Waals surface area contributed by atoms with Crippen molar-refractivity contribution < 1.29 is 23.8 Å². The molecule has 1 saturated carbocycles. The van der Waals surface area contributed by atoms with Gasteiger partial charge in [0.05, 0.1) is 18.1 Å². The third-order valence-electron chi connectivity index (χ3n) is 7.64. The first-order chi connectivity index (χ1) is 15.0. The summed E-state index contributed by atoms with van der Waals surface area (Å²) in [7, 11) is 1.36. The number of carbonyl (C=O) groups excluding carboxylic acids is 2. The summed E-state index contributed by atoms with van der Waals surface area (Å²) in [5, 5.41) is 11.0. The molecule has 4 rings (SSSR count). The minimum Gasteiger partial charge on any atom is -0.453 e. The molecule has 1 unspecified atom stereocenters. The number of likely N-dealkylation sites (tertiary alicyclic amines) is 1. The molecule has 0 aromatic heterocycles. The van der Waals surface area contributed by atoms with Crippen LogP contribution in [0.25, 0.3) is 0 Å². The molecule has 3 aliphatic rings. The van der Waals surface area contributed by atoms with Crippen molar-refractivity contribution in [3.05, 3.63) is 29.6 Å². The highest BCUT2D eigenvalue weighted by atomic mass is 19.1. The first-order valence-corrected chi connectivity index (χ1v) is 11.4. The Morgan fingerprint density at radius 3 is 2.19 bits per heavy atom. The van der Waals surface area contributed by atoms with Crippen LogP contribution >= 0.6 is 0 Å². The van der Waals surface area contributed by atoms with Crippen molar-refractivity contribution >= 4 is 17.7 Å². The minimum absolute atomic E-state index is 0.0731. The highest BCUT2D eigenvalue weighted by molar-refractivity contribution is 5.92. The molecule has 1 aliphatic carbocycles. The molecule has 2 heterocycles. The highest BCUT2D eigenvalue weighted by Crippen LogP contribution is 2.52. The monoisotopic (exact) mass is 447 g/mol. The summed E-state index contributed by atoms with van der Waals surface area (Å²) >= 11 is 0. The lowest BCUT2D eigenvalue weighted by Gasteiger charge is -2.37. The average Bonchev–Trinajstić information content (AvgIpc) is 3.46. The Morgan fingerprint density at radius 2 is 1.69 bits per heavy atom. The van der Waals surface area contributed by atoms with Crippen molar-refractivity contribution in [1.29, 1.82) is 0 Å². The predicted molar refractivity (Wildman–Crippen MR) is 119 cm³/mol. The Bertz CT molecular complexity index is 903. The normalized spacial score (nSPS) is 25.1. The summed E-state index contributed by atoms with van der Waals surface area (Å²) in [5.74, 6) is -0.440. The molecule has 1 aromatic carbocycles. The van der Waals surface area contributed by atoms with Gasteiger partial charge >= 0.3 is 6.09 Å². The van der Waals surface area contributed by atoms with Crippen molar-refractivity contribution in [1.82, 2.24) is 9.80 Å². The van der Waals surface area contributed by atoms with E-state index in [4.69, 9.17) is 4.74 Å². The molecule has 2 aliphatic heterocycles. The SMILES string of the molecule is COC(=O)N1CCN(c2ccc(C3(C(=O)N4CCC(O)(C(C)(C)C)C4)CC3)c(F)c2)CC1. The number of anilines is 1. The molecule has 0 radical (unpaired) electrons. The van der Waals surface area contributed by atoms with E-state index in [-0.39, 0.29) is 23.2 Å². The standard InChI is InChI=1S/C24H34FN3O4/c1-22(2,3)24(31)9-10-28(16-24)20(29)23(7-8-23)18-6-5-17(15-19(18)25)26-11-13-27(14-12-26)21(30)32-4/h5-6,15,31H,7-14,16H2,1-4H3. The zero-order valence-corrected chi connectivity index (χ0v) is 19.5. The van der Waals surface area contributed by atoms with Gasteiger partial charge in [0.15, 0.2) is 0 Å². The Kier molecular flexibility index (Phi) is 5.64. The average molecular weight is 448 g/mol. The summed E-state index contributed by atoms with van der Waals surface area (Å²) in [6.07, 6.45) is 1.45. The van der Waals surface area contributed by atoms with Crippen molar-refractivity contribution in [3.63, 3.8) is 0 Å². The van der Waals surface area contributed by atoms with E-state index in [1.807, 2.05) is 31.7 Å². The van der Waals surface area contributed by atoms with Crippen molar-refractivity contribution in [2.24, 2.45) is 5.41 Å². The number of rotatable bonds is 3.